The van der Waals surface area contributed by atoms with Crippen LogP contribution in [0.3, 0.4) is 0 Å². The van der Waals surface area contributed by atoms with E-state index in [0.717, 1.165) is 11.7 Å². The Bertz CT molecular complexity index is 436. The van der Waals surface area contributed by atoms with Crippen LogP contribution in [0.25, 0.3) is 0 Å². The number of ether oxygens (including phenoxy) is 1. The first kappa shape index (κ1) is 12.0. The lowest BCUT2D eigenvalue weighted by atomic mass is 9.93. The second-order valence-corrected chi connectivity index (χ2v) is 6.42. The van der Waals surface area contributed by atoms with E-state index in [1.54, 1.807) is 0 Å². The fourth-order valence-electron chi connectivity index (χ4n) is 3.03. The van der Waals surface area contributed by atoms with E-state index in [9.17, 15) is 0 Å². The van der Waals surface area contributed by atoms with Crippen LogP contribution in [0, 0.1) is 5.92 Å². The average Bonchev–Trinajstić information content (AvgIpc) is 3.06. The lowest BCUT2D eigenvalue weighted by Gasteiger charge is -2.30. The highest BCUT2D eigenvalue weighted by atomic mass is 16.5. The molecule has 0 radical (unpaired) electrons. The largest absolute Gasteiger partial charge is 0.486 e. The topological polar surface area (TPSA) is 21.3 Å². The predicted octanol–water partition coefficient (Wildman–Crippen LogP) is 3.68. The van der Waals surface area contributed by atoms with Crippen molar-refractivity contribution in [3.63, 3.8) is 0 Å². The summed E-state index contributed by atoms with van der Waals surface area (Å²) in [4.78, 5) is 0. The molecule has 1 N–H and O–H groups in total. The normalized spacial score (nSPS) is 26.5. The van der Waals surface area contributed by atoms with E-state index in [2.05, 4.69) is 44.3 Å². The summed E-state index contributed by atoms with van der Waals surface area (Å²) in [5.41, 5.74) is 1.16. The zero-order valence-electron chi connectivity index (χ0n) is 11.6. The Morgan fingerprint density at radius 1 is 1.33 bits per heavy atom. The van der Waals surface area contributed by atoms with E-state index < -0.39 is 0 Å². The third-order valence-corrected chi connectivity index (χ3v) is 4.13. The van der Waals surface area contributed by atoms with Gasteiger partial charge in [-0.3, -0.25) is 0 Å². The smallest absolute Gasteiger partial charge is 0.125 e. The first-order valence-electron chi connectivity index (χ1n) is 7.10. The van der Waals surface area contributed by atoms with Crippen molar-refractivity contribution in [2.75, 3.05) is 0 Å². The first-order chi connectivity index (χ1) is 8.56. The first-order valence-corrected chi connectivity index (χ1v) is 7.10. The van der Waals surface area contributed by atoms with Gasteiger partial charge in [-0.2, -0.15) is 0 Å². The standard InChI is InChI=1S/C16H23NO/c1-11(10-12-8-9-12)17-15-13-6-4-5-7-14(13)18-16(15,2)3/h4-7,11-12,15,17H,8-10H2,1-3H3. The lowest BCUT2D eigenvalue weighted by Crippen LogP contribution is -2.42. The van der Waals surface area contributed by atoms with Crippen molar-refractivity contribution in [2.45, 2.75) is 57.7 Å². The van der Waals surface area contributed by atoms with Gasteiger partial charge in [0.05, 0.1) is 6.04 Å². The average molecular weight is 245 g/mol. The van der Waals surface area contributed by atoms with E-state index in [1.807, 2.05) is 6.07 Å². The van der Waals surface area contributed by atoms with Gasteiger partial charge >= 0.3 is 0 Å². The maximum absolute atomic E-state index is 6.07. The lowest BCUT2D eigenvalue weighted by molar-refractivity contribution is 0.0910. The Morgan fingerprint density at radius 3 is 2.78 bits per heavy atom. The second-order valence-electron chi connectivity index (χ2n) is 6.42. The van der Waals surface area contributed by atoms with Crippen LogP contribution >= 0.6 is 0 Å². The molecule has 1 fully saturated rings. The maximum atomic E-state index is 6.07. The molecule has 0 spiro atoms. The molecule has 2 aliphatic rings. The van der Waals surface area contributed by atoms with E-state index in [-0.39, 0.29) is 5.60 Å². The van der Waals surface area contributed by atoms with Crippen LogP contribution in [0.15, 0.2) is 24.3 Å². The van der Waals surface area contributed by atoms with Gasteiger partial charge in [-0.15, -0.1) is 0 Å². The van der Waals surface area contributed by atoms with Crippen molar-refractivity contribution >= 4 is 0 Å². The van der Waals surface area contributed by atoms with Gasteiger partial charge in [0.15, 0.2) is 0 Å². The molecule has 1 aromatic carbocycles. The minimum atomic E-state index is -0.151. The van der Waals surface area contributed by atoms with Crippen molar-refractivity contribution in [1.82, 2.24) is 5.32 Å². The SMILES string of the molecule is CC(CC1CC1)NC1c2ccccc2OC1(C)C. The summed E-state index contributed by atoms with van der Waals surface area (Å²) in [5.74, 6) is 2.01. The molecule has 0 bridgehead atoms. The summed E-state index contributed by atoms with van der Waals surface area (Å²) >= 11 is 0. The van der Waals surface area contributed by atoms with E-state index in [0.29, 0.717) is 12.1 Å². The summed E-state index contributed by atoms with van der Waals surface area (Å²) in [5, 5.41) is 3.77. The van der Waals surface area contributed by atoms with E-state index >= 15 is 0 Å². The van der Waals surface area contributed by atoms with Crippen molar-refractivity contribution in [1.29, 1.82) is 0 Å². The van der Waals surface area contributed by atoms with Crippen molar-refractivity contribution < 1.29 is 4.74 Å². The van der Waals surface area contributed by atoms with Crippen molar-refractivity contribution in [2.24, 2.45) is 5.92 Å². The Labute approximate surface area is 110 Å². The summed E-state index contributed by atoms with van der Waals surface area (Å²) in [6.07, 6.45) is 4.15. The molecule has 2 atom stereocenters. The molecule has 0 saturated heterocycles. The fraction of sp³-hybridized carbons (Fsp3) is 0.625. The van der Waals surface area contributed by atoms with Crippen LogP contribution in [-0.4, -0.2) is 11.6 Å². The molecular weight excluding hydrogens is 222 g/mol. The molecule has 2 heteroatoms. The van der Waals surface area contributed by atoms with Gasteiger partial charge in [-0.1, -0.05) is 31.0 Å². The predicted molar refractivity (Wildman–Crippen MR) is 73.8 cm³/mol. The third kappa shape index (κ3) is 2.26. The maximum Gasteiger partial charge on any atom is 0.125 e. The Balaban J connectivity index is 1.76. The number of hydrogen-bond donors (Lipinski definition) is 1. The quantitative estimate of drug-likeness (QED) is 0.873. The Morgan fingerprint density at radius 2 is 2.06 bits per heavy atom. The van der Waals surface area contributed by atoms with E-state index in [4.69, 9.17) is 4.74 Å². The number of nitrogens with one attached hydrogen (secondary N) is 1. The van der Waals surface area contributed by atoms with Crippen LogP contribution in [0.2, 0.25) is 0 Å². The number of hydrogen-bond acceptors (Lipinski definition) is 2. The molecule has 1 saturated carbocycles. The van der Waals surface area contributed by atoms with Gasteiger partial charge < -0.3 is 10.1 Å². The molecular formula is C16H23NO. The van der Waals surface area contributed by atoms with Crippen LogP contribution in [-0.2, 0) is 0 Å². The number of benzene rings is 1. The molecule has 0 amide bonds. The molecule has 0 aromatic heterocycles. The van der Waals surface area contributed by atoms with Gasteiger partial charge in [-0.05, 0) is 39.2 Å². The minimum Gasteiger partial charge on any atom is -0.486 e. The van der Waals surface area contributed by atoms with Crippen LogP contribution < -0.4 is 10.1 Å². The highest BCUT2D eigenvalue weighted by Crippen LogP contribution is 2.43. The Hall–Kier alpha value is -1.02. The number of fused-ring (bicyclic) bond motifs is 1. The fourth-order valence-corrected chi connectivity index (χ4v) is 3.03. The molecule has 1 heterocycles. The van der Waals surface area contributed by atoms with Gasteiger partial charge in [-0.25, -0.2) is 0 Å². The third-order valence-electron chi connectivity index (χ3n) is 4.13. The van der Waals surface area contributed by atoms with E-state index in [1.165, 1.54) is 24.8 Å². The van der Waals surface area contributed by atoms with Crippen LogP contribution in [0.1, 0.15) is 51.6 Å². The number of rotatable bonds is 4. The molecule has 2 unspecified atom stereocenters. The highest BCUT2D eigenvalue weighted by molar-refractivity contribution is 5.42. The molecule has 2 nitrogen and oxygen atoms in total. The van der Waals surface area contributed by atoms with Gasteiger partial charge in [0.1, 0.15) is 11.4 Å². The zero-order chi connectivity index (χ0) is 12.8. The van der Waals surface area contributed by atoms with Crippen molar-refractivity contribution in [3.05, 3.63) is 29.8 Å². The van der Waals surface area contributed by atoms with Gasteiger partial charge in [0.25, 0.3) is 0 Å². The molecule has 1 aliphatic carbocycles. The van der Waals surface area contributed by atoms with Crippen LogP contribution in [0.4, 0.5) is 0 Å². The Kier molecular flexibility index (Phi) is 2.86. The second kappa shape index (κ2) is 4.27. The van der Waals surface area contributed by atoms with Crippen molar-refractivity contribution in [3.8, 4) is 5.75 Å². The molecule has 18 heavy (non-hydrogen) atoms. The minimum absolute atomic E-state index is 0.151. The zero-order valence-corrected chi connectivity index (χ0v) is 11.6. The molecule has 1 aliphatic heterocycles. The van der Waals surface area contributed by atoms with Gasteiger partial charge in [0.2, 0.25) is 0 Å². The number of para-hydroxylation sites is 1. The summed E-state index contributed by atoms with van der Waals surface area (Å²) in [7, 11) is 0. The molecule has 1 aromatic rings. The summed E-state index contributed by atoms with van der Waals surface area (Å²) in [6, 6.07) is 9.28. The molecule has 98 valence electrons. The summed E-state index contributed by atoms with van der Waals surface area (Å²) in [6.45, 7) is 6.65. The van der Waals surface area contributed by atoms with Crippen LogP contribution in [0.5, 0.6) is 5.75 Å². The monoisotopic (exact) mass is 245 g/mol. The van der Waals surface area contributed by atoms with Gasteiger partial charge in [0, 0.05) is 11.6 Å². The highest BCUT2D eigenvalue weighted by Gasteiger charge is 2.41. The summed E-state index contributed by atoms with van der Waals surface area (Å²) < 4.78 is 6.07. The molecule has 3 rings (SSSR count).